The second-order valence-corrected chi connectivity index (χ2v) is 4.68. The second-order valence-electron chi connectivity index (χ2n) is 3.33. The molecular formula is C10H13FO3S. The minimum absolute atomic E-state index is 0.0100. The number of phenols is 1. The molecular weight excluding hydrogens is 219 g/mol. The summed E-state index contributed by atoms with van der Waals surface area (Å²) in [6.45, 7) is 1.98. The van der Waals surface area contributed by atoms with Crippen LogP contribution in [0.2, 0.25) is 0 Å². The van der Waals surface area contributed by atoms with Crippen LogP contribution in [0.15, 0.2) is 23.1 Å². The molecule has 15 heavy (non-hydrogen) atoms. The lowest BCUT2D eigenvalue weighted by atomic mass is 10.1. The van der Waals surface area contributed by atoms with Gasteiger partial charge in [-0.3, -0.25) is 0 Å². The van der Waals surface area contributed by atoms with Crippen molar-refractivity contribution in [2.75, 3.05) is 0 Å². The molecule has 0 heterocycles. The van der Waals surface area contributed by atoms with Crippen LogP contribution in [0.3, 0.4) is 0 Å². The molecule has 0 saturated heterocycles. The van der Waals surface area contributed by atoms with Gasteiger partial charge in [0.25, 0.3) is 0 Å². The quantitative estimate of drug-likeness (QED) is 0.811. The maximum Gasteiger partial charge on any atom is 0.332 e. The van der Waals surface area contributed by atoms with Gasteiger partial charge in [-0.05, 0) is 36.6 Å². The largest absolute Gasteiger partial charge is 0.508 e. The first kappa shape index (κ1) is 12.0. The van der Waals surface area contributed by atoms with Crippen LogP contribution in [0.25, 0.3) is 0 Å². The van der Waals surface area contributed by atoms with Gasteiger partial charge in [0.15, 0.2) is 0 Å². The molecule has 0 amide bonds. The van der Waals surface area contributed by atoms with E-state index in [0.717, 1.165) is 18.9 Å². The van der Waals surface area contributed by atoms with Crippen molar-refractivity contribution in [2.24, 2.45) is 0 Å². The number of aryl methyl sites for hydroxylation is 1. The minimum atomic E-state index is -4.68. The van der Waals surface area contributed by atoms with E-state index in [-0.39, 0.29) is 5.75 Å². The summed E-state index contributed by atoms with van der Waals surface area (Å²) in [6, 6.07) is 3.44. The molecule has 1 aromatic carbocycles. The minimum Gasteiger partial charge on any atom is -0.508 e. The fraction of sp³-hybridized carbons (Fsp3) is 0.400. The zero-order valence-electron chi connectivity index (χ0n) is 8.40. The predicted molar refractivity (Wildman–Crippen MR) is 55.0 cm³/mol. The number of phenolic OH excluding ortho intramolecular Hbond substituents is 1. The van der Waals surface area contributed by atoms with Crippen molar-refractivity contribution < 1.29 is 17.4 Å². The Hall–Kier alpha value is -1.10. The molecule has 0 fully saturated rings. The molecule has 84 valence electrons. The van der Waals surface area contributed by atoms with Crippen molar-refractivity contribution >= 4 is 10.2 Å². The van der Waals surface area contributed by atoms with Gasteiger partial charge in [-0.1, -0.05) is 13.3 Å². The topological polar surface area (TPSA) is 54.4 Å². The van der Waals surface area contributed by atoms with Crippen LogP contribution >= 0.6 is 0 Å². The van der Waals surface area contributed by atoms with Gasteiger partial charge in [0.05, 0.1) is 4.90 Å². The maximum atomic E-state index is 12.6. The standard InChI is InChI=1S/C10H13FO3S/c1-2-3-4-8-7-9(15(11,13)14)5-6-10(8)12/h5-7,12H,2-4H2,1H3. The van der Waals surface area contributed by atoms with Crippen LogP contribution in [-0.2, 0) is 16.6 Å². The summed E-state index contributed by atoms with van der Waals surface area (Å²) in [6.07, 6.45) is 2.29. The first-order chi connectivity index (χ1) is 6.95. The van der Waals surface area contributed by atoms with Crippen molar-refractivity contribution in [3.8, 4) is 5.75 Å². The highest BCUT2D eigenvalue weighted by atomic mass is 32.3. The summed E-state index contributed by atoms with van der Waals surface area (Å²) in [7, 11) is -4.68. The Morgan fingerprint density at radius 1 is 1.40 bits per heavy atom. The third-order valence-electron chi connectivity index (χ3n) is 2.13. The van der Waals surface area contributed by atoms with Crippen LogP contribution in [0, 0.1) is 0 Å². The number of unbranched alkanes of at least 4 members (excludes halogenated alkanes) is 1. The van der Waals surface area contributed by atoms with E-state index in [1.54, 1.807) is 0 Å². The molecule has 3 nitrogen and oxygen atoms in total. The number of aromatic hydroxyl groups is 1. The van der Waals surface area contributed by atoms with Crippen LogP contribution in [0.5, 0.6) is 5.75 Å². The molecule has 0 aliphatic heterocycles. The maximum absolute atomic E-state index is 12.6. The Balaban J connectivity index is 3.06. The molecule has 0 radical (unpaired) electrons. The van der Waals surface area contributed by atoms with Crippen molar-refractivity contribution in [2.45, 2.75) is 31.1 Å². The molecule has 0 saturated carbocycles. The third-order valence-corrected chi connectivity index (χ3v) is 2.95. The summed E-state index contributed by atoms with van der Waals surface area (Å²) in [4.78, 5) is -0.397. The van der Waals surface area contributed by atoms with E-state index in [9.17, 15) is 17.4 Å². The molecule has 5 heteroatoms. The van der Waals surface area contributed by atoms with Crippen molar-refractivity contribution in [1.82, 2.24) is 0 Å². The van der Waals surface area contributed by atoms with Crippen LogP contribution in [0.1, 0.15) is 25.3 Å². The van der Waals surface area contributed by atoms with Crippen LogP contribution in [-0.4, -0.2) is 13.5 Å². The molecule has 0 unspecified atom stereocenters. The van der Waals surface area contributed by atoms with E-state index >= 15 is 0 Å². The zero-order chi connectivity index (χ0) is 11.5. The molecule has 0 aliphatic rings. The van der Waals surface area contributed by atoms with E-state index in [0.29, 0.717) is 12.0 Å². The monoisotopic (exact) mass is 232 g/mol. The number of rotatable bonds is 4. The molecule has 0 bridgehead atoms. The van der Waals surface area contributed by atoms with Gasteiger partial charge in [-0.15, -0.1) is 3.89 Å². The van der Waals surface area contributed by atoms with E-state index in [1.165, 1.54) is 12.1 Å². The smallest absolute Gasteiger partial charge is 0.332 e. The molecule has 0 spiro atoms. The van der Waals surface area contributed by atoms with Crippen LogP contribution in [0.4, 0.5) is 3.89 Å². The summed E-state index contributed by atoms with van der Waals surface area (Å²) in [5.74, 6) is 0.0100. The molecule has 1 rings (SSSR count). The summed E-state index contributed by atoms with van der Waals surface area (Å²) >= 11 is 0. The lowest BCUT2D eigenvalue weighted by molar-refractivity contribution is 0.466. The molecule has 1 N–H and O–H groups in total. The number of benzene rings is 1. The number of hydrogen-bond donors (Lipinski definition) is 1. The normalized spacial score (nSPS) is 11.6. The lowest BCUT2D eigenvalue weighted by Gasteiger charge is -2.04. The molecule has 0 aliphatic carbocycles. The SMILES string of the molecule is CCCCc1cc(S(=O)(=O)F)ccc1O. The fourth-order valence-corrected chi connectivity index (χ4v) is 1.79. The van der Waals surface area contributed by atoms with Gasteiger partial charge in [0.2, 0.25) is 0 Å². The van der Waals surface area contributed by atoms with Crippen LogP contribution < -0.4 is 0 Å². The van der Waals surface area contributed by atoms with Gasteiger partial charge in [0, 0.05) is 0 Å². The number of halogens is 1. The van der Waals surface area contributed by atoms with Gasteiger partial charge < -0.3 is 5.11 Å². The van der Waals surface area contributed by atoms with Gasteiger partial charge in [0.1, 0.15) is 5.75 Å². The fourth-order valence-electron chi connectivity index (χ4n) is 1.28. The lowest BCUT2D eigenvalue weighted by Crippen LogP contribution is -1.94. The van der Waals surface area contributed by atoms with Crippen molar-refractivity contribution in [3.05, 3.63) is 23.8 Å². The number of hydrogen-bond acceptors (Lipinski definition) is 3. The van der Waals surface area contributed by atoms with Gasteiger partial charge >= 0.3 is 10.2 Å². The van der Waals surface area contributed by atoms with E-state index in [2.05, 4.69) is 0 Å². The summed E-state index contributed by atoms with van der Waals surface area (Å²) < 4.78 is 33.9. The summed E-state index contributed by atoms with van der Waals surface area (Å²) in [5.41, 5.74) is 0.468. The third kappa shape index (κ3) is 3.20. The van der Waals surface area contributed by atoms with Crippen molar-refractivity contribution in [3.63, 3.8) is 0 Å². The van der Waals surface area contributed by atoms with Gasteiger partial charge in [-0.2, -0.15) is 8.42 Å². The first-order valence-corrected chi connectivity index (χ1v) is 6.10. The highest BCUT2D eigenvalue weighted by molar-refractivity contribution is 7.86. The average Bonchev–Trinajstić information content (AvgIpc) is 2.15. The Bertz CT molecular complexity index is 440. The Kier molecular flexibility index (Phi) is 3.68. The Morgan fingerprint density at radius 3 is 2.60 bits per heavy atom. The molecule has 0 atom stereocenters. The molecule has 0 aromatic heterocycles. The highest BCUT2D eigenvalue weighted by Crippen LogP contribution is 2.23. The second kappa shape index (κ2) is 4.61. The predicted octanol–water partition coefficient (Wildman–Crippen LogP) is 2.39. The highest BCUT2D eigenvalue weighted by Gasteiger charge is 2.13. The Morgan fingerprint density at radius 2 is 2.07 bits per heavy atom. The van der Waals surface area contributed by atoms with Crippen molar-refractivity contribution in [1.29, 1.82) is 0 Å². The average molecular weight is 232 g/mol. The van der Waals surface area contributed by atoms with E-state index < -0.39 is 15.1 Å². The van der Waals surface area contributed by atoms with Gasteiger partial charge in [-0.25, -0.2) is 0 Å². The summed E-state index contributed by atoms with van der Waals surface area (Å²) in [5, 5.41) is 9.41. The van der Waals surface area contributed by atoms with E-state index in [4.69, 9.17) is 0 Å². The zero-order valence-corrected chi connectivity index (χ0v) is 9.22. The Labute approximate surface area is 88.8 Å². The molecule has 1 aromatic rings. The van der Waals surface area contributed by atoms with E-state index in [1.807, 2.05) is 6.92 Å². The first-order valence-electron chi connectivity index (χ1n) is 4.71.